The maximum atomic E-state index is 9.04. The predicted octanol–water partition coefficient (Wildman–Crippen LogP) is 1.48. The SMILES string of the molecule is CC(C)(CNc1ncccc1C#N)N1CCOCC1. The third-order valence-electron chi connectivity index (χ3n) is 3.48. The largest absolute Gasteiger partial charge is 0.379 e. The van der Waals surface area contributed by atoms with Gasteiger partial charge in [0, 0.05) is 31.4 Å². The smallest absolute Gasteiger partial charge is 0.143 e. The minimum Gasteiger partial charge on any atom is -0.379 e. The van der Waals surface area contributed by atoms with Crippen molar-refractivity contribution >= 4 is 5.82 Å². The zero-order valence-corrected chi connectivity index (χ0v) is 11.5. The van der Waals surface area contributed by atoms with Gasteiger partial charge in [0.2, 0.25) is 0 Å². The van der Waals surface area contributed by atoms with Crippen LogP contribution in [0.1, 0.15) is 19.4 Å². The molecule has 0 radical (unpaired) electrons. The highest BCUT2D eigenvalue weighted by Gasteiger charge is 2.28. The second-order valence-corrected chi connectivity index (χ2v) is 5.28. The van der Waals surface area contributed by atoms with Gasteiger partial charge in [-0.3, -0.25) is 4.90 Å². The molecule has 5 heteroatoms. The molecule has 0 unspecified atom stereocenters. The van der Waals surface area contributed by atoms with Gasteiger partial charge in [-0.25, -0.2) is 4.98 Å². The zero-order valence-electron chi connectivity index (χ0n) is 11.5. The van der Waals surface area contributed by atoms with Gasteiger partial charge < -0.3 is 10.1 Å². The molecule has 0 bridgehead atoms. The molecule has 1 aliphatic heterocycles. The molecular weight excluding hydrogens is 240 g/mol. The van der Waals surface area contributed by atoms with Crippen molar-refractivity contribution in [2.45, 2.75) is 19.4 Å². The van der Waals surface area contributed by atoms with Gasteiger partial charge in [-0.05, 0) is 26.0 Å². The molecule has 0 aliphatic carbocycles. The van der Waals surface area contributed by atoms with E-state index in [2.05, 4.69) is 35.1 Å². The maximum absolute atomic E-state index is 9.04. The molecule has 5 nitrogen and oxygen atoms in total. The number of hydrogen-bond acceptors (Lipinski definition) is 5. The minimum absolute atomic E-state index is 0.00796. The summed E-state index contributed by atoms with van der Waals surface area (Å²) in [6, 6.07) is 5.70. The Bertz CT molecular complexity index is 461. The van der Waals surface area contributed by atoms with Gasteiger partial charge in [0.25, 0.3) is 0 Å². The lowest BCUT2D eigenvalue weighted by atomic mass is 10.0. The molecular formula is C14H20N4O. The summed E-state index contributed by atoms with van der Waals surface area (Å²) in [5.74, 6) is 0.659. The molecule has 1 fully saturated rings. The van der Waals surface area contributed by atoms with Crippen molar-refractivity contribution in [1.29, 1.82) is 5.26 Å². The van der Waals surface area contributed by atoms with Crippen LogP contribution < -0.4 is 5.32 Å². The lowest BCUT2D eigenvalue weighted by molar-refractivity contribution is -0.00570. The molecule has 1 aromatic heterocycles. The van der Waals surface area contributed by atoms with Crippen LogP contribution in [0.5, 0.6) is 0 Å². The second-order valence-electron chi connectivity index (χ2n) is 5.28. The summed E-state index contributed by atoms with van der Waals surface area (Å²) < 4.78 is 5.38. The number of ether oxygens (including phenoxy) is 1. The first kappa shape index (κ1) is 13.8. The van der Waals surface area contributed by atoms with Crippen molar-refractivity contribution in [3.8, 4) is 6.07 Å². The van der Waals surface area contributed by atoms with E-state index < -0.39 is 0 Å². The van der Waals surface area contributed by atoms with Crippen molar-refractivity contribution < 1.29 is 4.74 Å². The molecule has 0 atom stereocenters. The minimum atomic E-state index is 0.00796. The number of morpholine rings is 1. The Morgan fingerprint density at radius 3 is 2.89 bits per heavy atom. The number of nitrogens with zero attached hydrogens (tertiary/aromatic N) is 3. The Kier molecular flexibility index (Phi) is 4.35. The highest BCUT2D eigenvalue weighted by atomic mass is 16.5. The van der Waals surface area contributed by atoms with Crippen LogP contribution in [-0.4, -0.2) is 48.3 Å². The number of rotatable bonds is 4. The van der Waals surface area contributed by atoms with Crippen molar-refractivity contribution in [2.75, 3.05) is 38.2 Å². The van der Waals surface area contributed by atoms with Crippen LogP contribution in [-0.2, 0) is 4.74 Å². The van der Waals surface area contributed by atoms with Crippen LogP contribution in [0.15, 0.2) is 18.3 Å². The fraction of sp³-hybridized carbons (Fsp3) is 0.571. The number of nitriles is 1. The molecule has 0 saturated carbocycles. The number of hydrogen-bond donors (Lipinski definition) is 1. The number of pyridine rings is 1. The molecule has 19 heavy (non-hydrogen) atoms. The van der Waals surface area contributed by atoms with Crippen LogP contribution in [0.4, 0.5) is 5.82 Å². The van der Waals surface area contributed by atoms with Crippen molar-refractivity contribution in [1.82, 2.24) is 9.88 Å². The van der Waals surface area contributed by atoms with E-state index in [9.17, 15) is 0 Å². The summed E-state index contributed by atoms with van der Waals surface area (Å²) in [5, 5.41) is 12.3. The van der Waals surface area contributed by atoms with E-state index in [1.165, 1.54) is 0 Å². The fourth-order valence-electron chi connectivity index (χ4n) is 2.22. The van der Waals surface area contributed by atoms with Crippen LogP contribution in [0.3, 0.4) is 0 Å². The number of aromatic nitrogens is 1. The first-order chi connectivity index (χ1) is 9.13. The number of anilines is 1. The van der Waals surface area contributed by atoms with Gasteiger partial charge >= 0.3 is 0 Å². The molecule has 2 rings (SSSR count). The van der Waals surface area contributed by atoms with E-state index in [0.717, 1.165) is 32.8 Å². The highest BCUT2D eigenvalue weighted by Crippen LogP contribution is 2.18. The summed E-state index contributed by atoms with van der Waals surface area (Å²) in [5.41, 5.74) is 0.592. The van der Waals surface area contributed by atoms with E-state index in [-0.39, 0.29) is 5.54 Å². The lowest BCUT2D eigenvalue weighted by Crippen LogP contribution is -2.53. The van der Waals surface area contributed by atoms with Gasteiger partial charge in [0.1, 0.15) is 11.9 Å². The molecule has 0 amide bonds. The second kappa shape index (κ2) is 6.00. The van der Waals surface area contributed by atoms with Crippen molar-refractivity contribution in [3.05, 3.63) is 23.9 Å². The van der Waals surface area contributed by atoms with Crippen molar-refractivity contribution in [2.24, 2.45) is 0 Å². The molecule has 2 heterocycles. The Morgan fingerprint density at radius 1 is 1.47 bits per heavy atom. The third-order valence-corrected chi connectivity index (χ3v) is 3.48. The average Bonchev–Trinajstić information content (AvgIpc) is 2.46. The molecule has 0 aromatic carbocycles. The van der Waals surface area contributed by atoms with E-state index in [1.54, 1.807) is 18.3 Å². The summed E-state index contributed by atoms with van der Waals surface area (Å²) >= 11 is 0. The summed E-state index contributed by atoms with van der Waals surface area (Å²) in [7, 11) is 0. The van der Waals surface area contributed by atoms with Gasteiger partial charge in [0.05, 0.1) is 18.8 Å². The highest BCUT2D eigenvalue weighted by molar-refractivity contribution is 5.51. The van der Waals surface area contributed by atoms with E-state index in [4.69, 9.17) is 10.00 Å². The third kappa shape index (κ3) is 3.43. The van der Waals surface area contributed by atoms with E-state index >= 15 is 0 Å². The molecule has 1 N–H and O–H groups in total. The van der Waals surface area contributed by atoms with Gasteiger partial charge in [-0.15, -0.1) is 0 Å². The van der Waals surface area contributed by atoms with Crippen LogP contribution in [0.2, 0.25) is 0 Å². The molecule has 1 saturated heterocycles. The molecule has 102 valence electrons. The normalized spacial score (nSPS) is 16.9. The van der Waals surface area contributed by atoms with E-state index in [0.29, 0.717) is 11.4 Å². The predicted molar refractivity (Wildman–Crippen MR) is 73.9 cm³/mol. The Labute approximate surface area is 114 Å². The monoisotopic (exact) mass is 260 g/mol. The van der Waals surface area contributed by atoms with Gasteiger partial charge in [0.15, 0.2) is 0 Å². The standard InChI is InChI=1S/C14H20N4O/c1-14(2,18-6-8-19-9-7-18)11-17-13-12(10-15)4-3-5-16-13/h3-5H,6-9,11H2,1-2H3,(H,16,17). The topological polar surface area (TPSA) is 61.2 Å². The van der Waals surface area contributed by atoms with Gasteiger partial charge in [-0.1, -0.05) is 0 Å². The van der Waals surface area contributed by atoms with Crippen molar-refractivity contribution in [3.63, 3.8) is 0 Å². The zero-order chi connectivity index (χ0) is 13.7. The first-order valence-corrected chi connectivity index (χ1v) is 6.55. The summed E-state index contributed by atoms with van der Waals surface area (Å²) in [6.07, 6.45) is 1.70. The summed E-state index contributed by atoms with van der Waals surface area (Å²) in [4.78, 5) is 6.62. The molecule has 1 aromatic rings. The van der Waals surface area contributed by atoms with E-state index in [1.807, 2.05) is 0 Å². The summed E-state index contributed by atoms with van der Waals surface area (Å²) in [6.45, 7) is 8.61. The fourth-order valence-corrected chi connectivity index (χ4v) is 2.22. The first-order valence-electron chi connectivity index (χ1n) is 6.55. The average molecular weight is 260 g/mol. The lowest BCUT2D eigenvalue weighted by Gasteiger charge is -2.41. The molecule has 1 aliphatic rings. The molecule has 0 spiro atoms. The Balaban J connectivity index is 1.99. The quantitative estimate of drug-likeness (QED) is 0.888. The van der Waals surface area contributed by atoms with Crippen LogP contribution in [0.25, 0.3) is 0 Å². The number of nitrogens with one attached hydrogen (secondary N) is 1. The van der Waals surface area contributed by atoms with Crippen LogP contribution >= 0.6 is 0 Å². The maximum Gasteiger partial charge on any atom is 0.143 e. The van der Waals surface area contributed by atoms with Crippen LogP contribution in [0, 0.1) is 11.3 Å². The Hall–Kier alpha value is -1.64. The Morgan fingerprint density at radius 2 is 2.21 bits per heavy atom. The van der Waals surface area contributed by atoms with Gasteiger partial charge in [-0.2, -0.15) is 5.26 Å².